The van der Waals surface area contributed by atoms with Crippen LogP contribution in [0.5, 0.6) is 11.5 Å². The van der Waals surface area contributed by atoms with Crippen LogP contribution in [0.1, 0.15) is 59.3 Å². The lowest BCUT2D eigenvalue weighted by atomic mass is 9.88. The molecule has 0 saturated carbocycles. The number of aryl methyl sites for hydroxylation is 2. The second-order valence-corrected chi connectivity index (χ2v) is 6.77. The van der Waals surface area contributed by atoms with Crippen molar-refractivity contribution >= 4 is 5.91 Å². The maximum absolute atomic E-state index is 12.8. The lowest BCUT2D eigenvalue weighted by Gasteiger charge is -2.22. The summed E-state index contributed by atoms with van der Waals surface area (Å²) in [4.78, 5) is 12.8. The molecule has 0 heterocycles. The van der Waals surface area contributed by atoms with Gasteiger partial charge in [-0.05, 0) is 60.9 Å². The Labute approximate surface area is 155 Å². The van der Waals surface area contributed by atoms with E-state index in [9.17, 15) is 4.79 Å². The summed E-state index contributed by atoms with van der Waals surface area (Å²) in [5, 5.41) is 3.16. The predicted molar refractivity (Wildman–Crippen MR) is 103 cm³/mol. The third-order valence-electron chi connectivity index (χ3n) is 5.10. The van der Waals surface area contributed by atoms with Crippen LogP contribution in [-0.2, 0) is 12.8 Å². The molecule has 0 saturated heterocycles. The van der Waals surface area contributed by atoms with Gasteiger partial charge in [-0.25, -0.2) is 0 Å². The molecule has 0 spiro atoms. The van der Waals surface area contributed by atoms with E-state index in [0.717, 1.165) is 12.8 Å². The highest BCUT2D eigenvalue weighted by Gasteiger charge is 2.18. The Morgan fingerprint density at radius 1 is 1.00 bits per heavy atom. The SMILES string of the molecule is CC[C@@H](NC(=O)c1cc(OC)cc(OC)c1)c1ccc2c(c1)CCCC2. The van der Waals surface area contributed by atoms with Crippen molar-refractivity contribution in [2.24, 2.45) is 0 Å². The molecule has 2 aromatic carbocycles. The number of benzene rings is 2. The highest BCUT2D eigenvalue weighted by molar-refractivity contribution is 5.95. The monoisotopic (exact) mass is 353 g/mol. The first-order chi connectivity index (χ1) is 12.6. The summed E-state index contributed by atoms with van der Waals surface area (Å²) in [6.45, 7) is 2.09. The zero-order valence-electron chi connectivity index (χ0n) is 15.8. The Balaban J connectivity index is 1.81. The van der Waals surface area contributed by atoms with Crippen LogP contribution in [0.2, 0.25) is 0 Å². The fourth-order valence-electron chi connectivity index (χ4n) is 3.57. The summed E-state index contributed by atoms with van der Waals surface area (Å²) in [5.41, 5.74) is 4.61. The lowest BCUT2D eigenvalue weighted by Crippen LogP contribution is -2.28. The van der Waals surface area contributed by atoms with Crippen LogP contribution in [0, 0.1) is 0 Å². The van der Waals surface area contributed by atoms with Gasteiger partial charge in [0.2, 0.25) is 0 Å². The summed E-state index contributed by atoms with van der Waals surface area (Å²) in [6, 6.07) is 11.9. The molecule has 0 aliphatic heterocycles. The largest absolute Gasteiger partial charge is 0.497 e. The Kier molecular flexibility index (Phi) is 5.82. The lowest BCUT2D eigenvalue weighted by molar-refractivity contribution is 0.0935. The van der Waals surface area contributed by atoms with Crippen molar-refractivity contribution in [2.45, 2.75) is 45.1 Å². The highest BCUT2D eigenvalue weighted by atomic mass is 16.5. The first-order valence-corrected chi connectivity index (χ1v) is 9.30. The van der Waals surface area contributed by atoms with Gasteiger partial charge in [-0.1, -0.05) is 25.1 Å². The molecule has 3 rings (SSSR count). The molecule has 1 aliphatic carbocycles. The number of amides is 1. The number of carbonyl (C=O) groups is 1. The topological polar surface area (TPSA) is 47.6 Å². The maximum Gasteiger partial charge on any atom is 0.252 e. The third-order valence-corrected chi connectivity index (χ3v) is 5.10. The average Bonchev–Trinajstić information content (AvgIpc) is 2.70. The minimum Gasteiger partial charge on any atom is -0.497 e. The Morgan fingerprint density at radius 3 is 2.27 bits per heavy atom. The second-order valence-electron chi connectivity index (χ2n) is 6.77. The molecule has 1 N–H and O–H groups in total. The van der Waals surface area contributed by atoms with Gasteiger partial charge in [0.05, 0.1) is 20.3 Å². The molecule has 1 aliphatic rings. The van der Waals surface area contributed by atoms with Crippen molar-refractivity contribution in [1.29, 1.82) is 0 Å². The molecule has 4 nitrogen and oxygen atoms in total. The number of methoxy groups -OCH3 is 2. The smallest absolute Gasteiger partial charge is 0.252 e. The molecule has 0 unspecified atom stereocenters. The summed E-state index contributed by atoms with van der Waals surface area (Å²) >= 11 is 0. The number of hydrogen-bond donors (Lipinski definition) is 1. The molecular weight excluding hydrogens is 326 g/mol. The minimum absolute atomic E-state index is 0.00748. The summed E-state index contributed by atoms with van der Waals surface area (Å²) in [5.74, 6) is 1.10. The van der Waals surface area contributed by atoms with Crippen LogP contribution in [0.3, 0.4) is 0 Å². The zero-order chi connectivity index (χ0) is 18.5. The number of hydrogen-bond acceptors (Lipinski definition) is 3. The van der Waals surface area contributed by atoms with E-state index in [1.165, 1.54) is 36.0 Å². The first-order valence-electron chi connectivity index (χ1n) is 9.30. The van der Waals surface area contributed by atoms with Crippen molar-refractivity contribution in [3.05, 3.63) is 58.7 Å². The molecule has 1 atom stereocenters. The first kappa shape index (κ1) is 18.3. The normalized spacial score (nSPS) is 14.3. The van der Waals surface area contributed by atoms with Crippen LogP contribution in [0.25, 0.3) is 0 Å². The van der Waals surface area contributed by atoms with Crippen molar-refractivity contribution in [3.63, 3.8) is 0 Å². The van der Waals surface area contributed by atoms with Gasteiger partial charge in [-0.15, -0.1) is 0 Å². The molecule has 138 valence electrons. The fraction of sp³-hybridized carbons (Fsp3) is 0.409. The Hall–Kier alpha value is -2.49. The van der Waals surface area contributed by atoms with Gasteiger partial charge in [0.1, 0.15) is 11.5 Å². The average molecular weight is 353 g/mol. The van der Waals surface area contributed by atoms with Crippen molar-refractivity contribution in [3.8, 4) is 11.5 Å². The van der Waals surface area contributed by atoms with Gasteiger partial charge in [-0.2, -0.15) is 0 Å². The van der Waals surface area contributed by atoms with Crippen LogP contribution in [0.15, 0.2) is 36.4 Å². The van der Waals surface area contributed by atoms with Crippen molar-refractivity contribution in [2.75, 3.05) is 14.2 Å². The van der Waals surface area contributed by atoms with Crippen LogP contribution in [0.4, 0.5) is 0 Å². The van der Waals surface area contributed by atoms with Gasteiger partial charge in [-0.3, -0.25) is 4.79 Å². The van der Waals surface area contributed by atoms with E-state index in [0.29, 0.717) is 17.1 Å². The van der Waals surface area contributed by atoms with E-state index in [-0.39, 0.29) is 11.9 Å². The second kappa shape index (κ2) is 8.26. The molecule has 0 bridgehead atoms. The summed E-state index contributed by atoms with van der Waals surface area (Å²) < 4.78 is 10.5. The van der Waals surface area contributed by atoms with E-state index >= 15 is 0 Å². The molecule has 1 amide bonds. The molecule has 0 fully saturated rings. The summed E-state index contributed by atoms with van der Waals surface area (Å²) in [7, 11) is 3.16. The van der Waals surface area contributed by atoms with Crippen LogP contribution in [-0.4, -0.2) is 20.1 Å². The quantitative estimate of drug-likeness (QED) is 0.834. The number of carbonyl (C=O) groups excluding carboxylic acids is 1. The number of ether oxygens (including phenoxy) is 2. The third kappa shape index (κ3) is 4.01. The summed E-state index contributed by atoms with van der Waals surface area (Å²) in [6.07, 6.45) is 5.68. The van der Waals surface area contributed by atoms with E-state index in [1.807, 2.05) is 0 Å². The van der Waals surface area contributed by atoms with E-state index in [2.05, 4.69) is 30.4 Å². The maximum atomic E-state index is 12.8. The Bertz CT molecular complexity index is 763. The Morgan fingerprint density at radius 2 is 1.65 bits per heavy atom. The molecule has 0 radical (unpaired) electrons. The van der Waals surface area contributed by atoms with Gasteiger partial charge in [0.15, 0.2) is 0 Å². The van der Waals surface area contributed by atoms with Gasteiger partial charge in [0.25, 0.3) is 5.91 Å². The van der Waals surface area contributed by atoms with Crippen molar-refractivity contribution < 1.29 is 14.3 Å². The molecule has 2 aromatic rings. The van der Waals surface area contributed by atoms with E-state index < -0.39 is 0 Å². The number of rotatable bonds is 6. The fourth-order valence-corrected chi connectivity index (χ4v) is 3.57. The minimum atomic E-state index is -0.119. The van der Waals surface area contributed by atoms with Crippen LogP contribution < -0.4 is 14.8 Å². The van der Waals surface area contributed by atoms with Crippen molar-refractivity contribution in [1.82, 2.24) is 5.32 Å². The number of fused-ring (bicyclic) bond motifs is 1. The van der Waals surface area contributed by atoms with Gasteiger partial charge < -0.3 is 14.8 Å². The van der Waals surface area contributed by atoms with Crippen LogP contribution >= 0.6 is 0 Å². The molecule has 26 heavy (non-hydrogen) atoms. The standard InChI is InChI=1S/C22H27NO3/c1-4-21(17-10-9-15-7-5-6-8-16(15)11-17)23-22(24)18-12-19(25-2)14-20(13-18)26-3/h9-14,21H,4-8H2,1-3H3,(H,23,24)/t21-/m1/s1. The molecule has 4 heteroatoms. The van der Waals surface area contributed by atoms with Gasteiger partial charge >= 0.3 is 0 Å². The van der Waals surface area contributed by atoms with E-state index in [1.54, 1.807) is 32.4 Å². The highest BCUT2D eigenvalue weighted by Crippen LogP contribution is 2.27. The van der Waals surface area contributed by atoms with Gasteiger partial charge in [0, 0.05) is 11.6 Å². The predicted octanol–water partition coefficient (Wildman–Crippen LogP) is 4.46. The number of nitrogens with one attached hydrogen (secondary N) is 1. The molecular formula is C22H27NO3. The van der Waals surface area contributed by atoms with E-state index in [4.69, 9.17) is 9.47 Å². The zero-order valence-corrected chi connectivity index (χ0v) is 15.8. The molecule has 0 aromatic heterocycles.